The van der Waals surface area contributed by atoms with Gasteiger partial charge in [0.05, 0.1) is 5.69 Å². The van der Waals surface area contributed by atoms with E-state index in [9.17, 15) is 14.4 Å². The number of fused-ring (bicyclic) bond motifs is 1. The summed E-state index contributed by atoms with van der Waals surface area (Å²) >= 11 is 0. The number of carbonyl (C=O) groups excluding carboxylic acids is 2. The average molecular weight is 418 g/mol. The average Bonchev–Trinajstić information content (AvgIpc) is 3.33. The highest BCUT2D eigenvalue weighted by Crippen LogP contribution is 2.31. The van der Waals surface area contributed by atoms with Crippen molar-refractivity contribution in [3.05, 3.63) is 63.1 Å². The minimum atomic E-state index is -0.766. The molecule has 1 aliphatic carbocycles. The number of pyridine rings is 1. The second-order valence-electron chi connectivity index (χ2n) is 8.79. The van der Waals surface area contributed by atoms with E-state index in [1.807, 2.05) is 18.2 Å². The lowest BCUT2D eigenvalue weighted by Gasteiger charge is -2.35. The Morgan fingerprint density at radius 3 is 2.58 bits per heavy atom. The molecule has 1 aromatic heterocycles. The van der Waals surface area contributed by atoms with E-state index in [2.05, 4.69) is 16.4 Å². The zero-order valence-corrected chi connectivity index (χ0v) is 17.9. The predicted octanol–water partition coefficient (Wildman–Crippen LogP) is 2.16. The quantitative estimate of drug-likeness (QED) is 0.811. The van der Waals surface area contributed by atoms with Crippen LogP contribution >= 0.6 is 0 Å². The number of hydrogen-bond acceptors (Lipinski definition) is 4. The molecule has 2 aliphatic heterocycles. The maximum absolute atomic E-state index is 13.4. The van der Waals surface area contributed by atoms with Crippen molar-refractivity contribution in [1.82, 2.24) is 14.8 Å². The van der Waals surface area contributed by atoms with Crippen LogP contribution < -0.4 is 10.9 Å². The lowest BCUT2D eigenvalue weighted by Crippen LogP contribution is -2.51. The summed E-state index contributed by atoms with van der Waals surface area (Å²) in [7, 11) is 0. The van der Waals surface area contributed by atoms with E-state index in [0.29, 0.717) is 37.3 Å². The zero-order valence-electron chi connectivity index (χ0n) is 17.9. The Kier molecular flexibility index (Phi) is 4.57. The summed E-state index contributed by atoms with van der Waals surface area (Å²) in [6, 6.07) is 7.89. The molecule has 0 bridgehead atoms. The van der Waals surface area contributed by atoms with Crippen LogP contribution in [0.3, 0.4) is 0 Å². The topological polar surface area (TPSA) is 83.8 Å². The van der Waals surface area contributed by atoms with Crippen LogP contribution in [0, 0.1) is 6.92 Å². The molecule has 1 fully saturated rings. The Labute approximate surface area is 180 Å². The molecular formula is C24H26N4O3. The smallest absolute Gasteiger partial charge is 0.268 e. The van der Waals surface area contributed by atoms with Gasteiger partial charge >= 0.3 is 0 Å². The molecule has 160 valence electrons. The minimum Gasteiger partial charge on any atom is -0.338 e. The van der Waals surface area contributed by atoms with Gasteiger partial charge in [0.1, 0.15) is 16.9 Å². The number of nitrogens with zero attached hydrogens (tertiary/aromatic N) is 3. The highest BCUT2D eigenvalue weighted by atomic mass is 16.2. The van der Waals surface area contributed by atoms with E-state index < -0.39 is 5.54 Å². The fourth-order valence-electron chi connectivity index (χ4n) is 5.16. The van der Waals surface area contributed by atoms with Crippen LogP contribution in [0.25, 0.3) is 5.69 Å². The highest BCUT2D eigenvalue weighted by Gasteiger charge is 2.45. The first-order chi connectivity index (χ1) is 14.9. The summed E-state index contributed by atoms with van der Waals surface area (Å²) in [6.45, 7) is 4.38. The zero-order chi connectivity index (χ0) is 21.8. The first-order valence-electron chi connectivity index (χ1n) is 10.9. The molecule has 0 unspecified atom stereocenters. The van der Waals surface area contributed by atoms with Gasteiger partial charge in [-0.05, 0) is 74.8 Å². The van der Waals surface area contributed by atoms with Gasteiger partial charge in [-0.1, -0.05) is 12.1 Å². The number of aliphatic imine (C=N–C) groups is 1. The molecule has 31 heavy (non-hydrogen) atoms. The van der Waals surface area contributed by atoms with Gasteiger partial charge in [-0.15, -0.1) is 0 Å². The summed E-state index contributed by atoms with van der Waals surface area (Å²) in [4.78, 5) is 45.3. The number of nitrogens with one attached hydrogen (secondary N) is 1. The summed E-state index contributed by atoms with van der Waals surface area (Å²) in [5.41, 5.74) is 3.20. The van der Waals surface area contributed by atoms with E-state index in [4.69, 9.17) is 0 Å². The van der Waals surface area contributed by atoms with Crippen molar-refractivity contribution in [2.24, 2.45) is 4.99 Å². The van der Waals surface area contributed by atoms with Gasteiger partial charge in [-0.25, -0.2) is 0 Å². The third-order valence-electron chi connectivity index (χ3n) is 6.87. The van der Waals surface area contributed by atoms with Crippen molar-refractivity contribution in [3.8, 4) is 5.69 Å². The Morgan fingerprint density at radius 2 is 1.87 bits per heavy atom. The number of piperidine rings is 1. The molecule has 2 amide bonds. The summed E-state index contributed by atoms with van der Waals surface area (Å²) in [6.07, 6.45) is 5.77. The SMILES string of the molecule is CC1=NC2(CCN(C(=O)c3c(C)ccn(-c4cccc5c4CCC5)c3=O)CC2)C(=O)N1. The van der Waals surface area contributed by atoms with Crippen molar-refractivity contribution in [1.29, 1.82) is 0 Å². The molecule has 5 rings (SSSR count). The summed E-state index contributed by atoms with van der Waals surface area (Å²) < 4.78 is 1.62. The molecule has 0 atom stereocenters. The van der Waals surface area contributed by atoms with E-state index in [1.165, 1.54) is 11.1 Å². The van der Waals surface area contributed by atoms with Crippen LogP contribution in [0.5, 0.6) is 0 Å². The Hall–Kier alpha value is -3.22. The largest absolute Gasteiger partial charge is 0.338 e. The molecule has 0 saturated carbocycles. The third-order valence-corrected chi connectivity index (χ3v) is 6.87. The number of aryl methyl sites for hydroxylation is 2. The van der Waals surface area contributed by atoms with Crippen LogP contribution in [0.2, 0.25) is 0 Å². The van der Waals surface area contributed by atoms with Gasteiger partial charge in [-0.3, -0.25) is 23.9 Å². The fourth-order valence-corrected chi connectivity index (χ4v) is 5.16. The van der Waals surface area contributed by atoms with E-state index in [0.717, 1.165) is 24.9 Å². The van der Waals surface area contributed by atoms with Crippen LogP contribution in [0.15, 0.2) is 40.2 Å². The van der Waals surface area contributed by atoms with Crippen molar-refractivity contribution in [3.63, 3.8) is 0 Å². The van der Waals surface area contributed by atoms with Gasteiger partial charge < -0.3 is 10.2 Å². The number of benzene rings is 1. The van der Waals surface area contributed by atoms with Crippen molar-refractivity contribution < 1.29 is 9.59 Å². The van der Waals surface area contributed by atoms with Crippen LogP contribution in [0.4, 0.5) is 0 Å². The maximum Gasteiger partial charge on any atom is 0.268 e. The molecule has 2 aromatic rings. The first kappa shape index (κ1) is 19.7. The number of hydrogen-bond donors (Lipinski definition) is 1. The van der Waals surface area contributed by atoms with Crippen molar-refractivity contribution >= 4 is 17.6 Å². The van der Waals surface area contributed by atoms with Gasteiger partial charge in [0.2, 0.25) is 0 Å². The van der Waals surface area contributed by atoms with Crippen LogP contribution in [-0.2, 0) is 17.6 Å². The molecule has 7 nitrogen and oxygen atoms in total. The standard InChI is InChI=1S/C24H26N4O3/c1-15-9-12-28(19-8-4-6-17-5-3-7-18(17)19)22(30)20(15)21(29)27-13-10-24(11-14-27)23(31)25-16(2)26-24/h4,6,8-9,12H,3,5,7,10-11,13-14H2,1-2H3,(H,25,26,31). The predicted molar refractivity (Wildman–Crippen MR) is 118 cm³/mol. The van der Waals surface area contributed by atoms with Crippen LogP contribution in [-0.4, -0.2) is 45.7 Å². The number of likely N-dealkylation sites (tertiary alicyclic amines) is 1. The molecule has 3 aliphatic rings. The van der Waals surface area contributed by atoms with Gasteiger partial charge in [0.15, 0.2) is 0 Å². The number of carbonyl (C=O) groups is 2. The summed E-state index contributed by atoms with van der Waals surface area (Å²) in [5.74, 6) is 0.272. The molecule has 0 radical (unpaired) electrons. The molecule has 1 aromatic carbocycles. The first-order valence-corrected chi connectivity index (χ1v) is 10.9. The number of amidine groups is 1. The van der Waals surface area contributed by atoms with Gasteiger partial charge in [-0.2, -0.15) is 0 Å². The van der Waals surface area contributed by atoms with E-state index in [-0.39, 0.29) is 22.9 Å². The van der Waals surface area contributed by atoms with Crippen LogP contribution in [0.1, 0.15) is 53.2 Å². The van der Waals surface area contributed by atoms with Crippen molar-refractivity contribution in [2.75, 3.05) is 13.1 Å². The number of amides is 2. The molecule has 3 heterocycles. The summed E-state index contributed by atoms with van der Waals surface area (Å²) in [5, 5.41) is 2.77. The second-order valence-corrected chi connectivity index (χ2v) is 8.79. The van der Waals surface area contributed by atoms with E-state index in [1.54, 1.807) is 29.5 Å². The van der Waals surface area contributed by atoms with E-state index >= 15 is 0 Å². The minimum absolute atomic E-state index is 0.0896. The number of aromatic nitrogens is 1. The molecular weight excluding hydrogens is 392 g/mol. The van der Waals surface area contributed by atoms with Gasteiger partial charge in [0, 0.05) is 19.3 Å². The van der Waals surface area contributed by atoms with Gasteiger partial charge in [0.25, 0.3) is 17.4 Å². The third kappa shape index (κ3) is 3.10. The normalized spacial score (nSPS) is 19.4. The number of rotatable bonds is 2. The fraction of sp³-hybridized carbons (Fsp3) is 0.417. The lowest BCUT2D eigenvalue weighted by atomic mass is 9.87. The molecule has 7 heteroatoms. The maximum atomic E-state index is 13.4. The highest BCUT2D eigenvalue weighted by molar-refractivity contribution is 6.07. The monoisotopic (exact) mass is 418 g/mol. The Bertz CT molecular complexity index is 1190. The lowest BCUT2D eigenvalue weighted by molar-refractivity contribution is -0.125. The molecule has 1 N–H and O–H groups in total. The second kappa shape index (κ2) is 7.18. The Balaban J connectivity index is 1.46. The Morgan fingerprint density at radius 1 is 1.10 bits per heavy atom. The van der Waals surface area contributed by atoms with Crippen molar-refractivity contribution in [2.45, 2.75) is 51.5 Å². The molecule has 1 spiro atoms. The molecule has 1 saturated heterocycles.